The van der Waals surface area contributed by atoms with Gasteiger partial charge in [0.15, 0.2) is 0 Å². The summed E-state index contributed by atoms with van der Waals surface area (Å²) in [4.78, 5) is 29.6. The number of amides is 2. The maximum absolute atomic E-state index is 12.5. The zero-order chi connectivity index (χ0) is 17.6. The molecule has 3 aliphatic rings. The highest BCUT2D eigenvalue weighted by atomic mass is 16.4. The molecule has 2 amide bonds. The van der Waals surface area contributed by atoms with E-state index in [1.807, 2.05) is 9.80 Å². The highest BCUT2D eigenvalue weighted by Gasteiger charge is 2.28. The molecule has 142 valence electrons. The lowest BCUT2D eigenvalue weighted by Gasteiger charge is -2.41. The van der Waals surface area contributed by atoms with Gasteiger partial charge in [0.2, 0.25) is 0 Å². The third-order valence-electron chi connectivity index (χ3n) is 5.70. The molecule has 0 saturated carbocycles. The second kappa shape index (κ2) is 8.82. The van der Waals surface area contributed by atoms with Gasteiger partial charge in [-0.1, -0.05) is 0 Å². The van der Waals surface area contributed by atoms with Crippen molar-refractivity contribution in [3.8, 4) is 0 Å². The van der Waals surface area contributed by atoms with E-state index in [1.54, 1.807) is 0 Å². The second-order valence-corrected chi connectivity index (χ2v) is 7.40. The molecule has 3 heterocycles. The summed E-state index contributed by atoms with van der Waals surface area (Å²) in [7, 11) is 0. The SMILES string of the molecule is O=C(O)CN1CCC(NC(=O)N2CCN(C3CCNCC3)CC2)CC1. The summed E-state index contributed by atoms with van der Waals surface area (Å²) in [5, 5.41) is 15.4. The van der Waals surface area contributed by atoms with Gasteiger partial charge in [0.05, 0.1) is 6.54 Å². The van der Waals surface area contributed by atoms with Gasteiger partial charge in [0.1, 0.15) is 0 Å². The van der Waals surface area contributed by atoms with E-state index < -0.39 is 5.97 Å². The van der Waals surface area contributed by atoms with Gasteiger partial charge in [-0.25, -0.2) is 4.79 Å². The van der Waals surface area contributed by atoms with Crippen LogP contribution in [0.15, 0.2) is 0 Å². The molecule has 3 rings (SSSR count). The van der Waals surface area contributed by atoms with Gasteiger partial charge in [-0.3, -0.25) is 14.6 Å². The van der Waals surface area contributed by atoms with Crippen molar-refractivity contribution >= 4 is 12.0 Å². The fraction of sp³-hybridized carbons (Fsp3) is 0.882. The first-order chi connectivity index (χ1) is 12.1. The van der Waals surface area contributed by atoms with E-state index in [4.69, 9.17) is 5.11 Å². The van der Waals surface area contributed by atoms with E-state index in [0.717, 1.165) is 65.2 Å². The van der Waals surface area contributed by atoms with Crippen LogP contribution in [-0.2, 0) is 4.79 Å². The van der Waals surface area contributed by atoms with E-state index in [9.17, 15) is 9.59 Å². The number of piperazine rings is 1. The van der Waals surface area contributed by atoms with Gasteiger partial charge < -0.3 is 20.6 Å². The molecular weight excluding hydrogens is 322 g/mol. The van der Waals surface area contributed by atoms with Gasteiger partial charge in [-0.2, -0.15) is 0 Å². The van der Waals surface area contributed by atoms with Crippen molar-refractivity contribution in [2.45, 2.75) is 37.8 Å². The lowest BCUT2D eigenvalue weighted by atomic mass is 10.0. The molecule has 0 unspecified atom stereocenters. The average Bonchev–Trinajstić information content (AvgIpc) is 2.64. The van der Waals surface area contributed by atoms with Crippen LogP contribution in [0.4, 0.5) is 4.79 Å². The maximum atomic E-state index is 12.5. The van der Waals surface area contributed by atoms with Gasteiger partial charge in [0, 0.05) is 51.4 Å². The molecule has 25 heavy (non-hydrogen) atoms. The van der Waals surface area contributed by atoms with E-state index in [1.165, 1.54) is 12.8 Å². The molecular formula is C17H31N5O3. The molecule has 0 aliphatic carbocycles. The number of nitrogens with zero attached hydrogens (tertiary/aromatic N) is 3. The van der Waals surface area contributed by atoms with Gasteiger partial charge in [0.25, 0.3) is 0 Å². The number of carboxylic acid groups (broad SMARTS) is 1. The zero-order valence-corrected chi connectivity index (χ0v) is 15.0. The molecule has 8 nitrogen and oxygen atoms in total. The van der Waals surface area contributed by atoms with E-state index >= 15 is 0 Å². The summed E-state index contributed by atoms with van der Waals surface area (Å²) in [6.45, 7) is 7.31. The summed E-state index contributed by atoms with van der Waals surface area (Å²) in [5.74, 6) is -0.783. The van der Waals surface area contributed by atoms with Gasteiger partial charge in [-0.05, 0) is 38.8 Å². The van der Waals surface area contributed by atoms with Crippen molar-refractivity contribution in [3.05, 3.63) is 0 Å². The van der Waals surface area contributed by atoms with Crippen LogP contribution in [0.3, 0.4) is 0 Å². The predicted octanol–water partition coefficient (Wildman–Crippen LogP) is -0.385. The van der Waals surface area contributed by atoms with Crippen molar-refractivity contribution in [2.24, 2.45) is 0 Å². The minimum Gasteiger partial charge on any atom is -0.480 e. The van der Waals surface area contributed by atoms with E-state index in [0.29, 0.717) is 6.04 Å². The Morgan fingerprint density at radius 1 is 0.960 bits per heavy atom. The van der Waals surface area contributed by atoms with Crippen LogP contribution in [0, 0.1) is 0 Å². The summed E-state index contributed by atoms with van der Waals surface area (Å²) < 4.78 is 0. The Bertz CT molecular complexity index is 453. The molecule has 8 heteroatoms. The monoisotopic (exact) mass is 353 g/mol. The van der Waals surface area contributed by atoms with Crippen molar-refractivity contribution in [2.75, 3.05) is 58.9 Å². The van der Waals surface area contributed by atoms with Crippen LogP contribution in [0.5, 0.6) is 0 Å². The van der Waals surface area contributed by atoms with Gasteiger partial charge >= 0.3 is 12.0 Å². The largest absolute Gasteiger partial charge is 0.480 e. The Hall–Kier alpha value is -1.38. The molecule has 0 aromatic rings. The second-order valence-electron chi connectivity index (χ2n) is 7.40. The number of hydrogen-bond acceptors (Lipinski definition) is 5. The molecule has 3 saturated heterocycles. The van der Waals surface area contributed by atoms with Gasteiger partial charge in [-0.15, -0.1) is 0 Å². The number of hydrogen-bond donors (Lipinski definition) is 3. The average molecular weight is 353 g/mol. The Balaban J connectivity index is 1.36. The van der Waals surface area contributed by atoms with Crippen LogP contribution in [0.1, 0.15) is 25.7 Å². The number of carboxylic acids is 1. The molecule has 0 atom stereocenters. The molecule has 0 spiro atoms. The molecule has 0 radical (unpaired) electrons. The van der Waals surface area contributed by atoms with Crippen molar-refractivity contribution < 1.29 is 14.7 Å². The number of carbonyl (C=O) groups excluding carboxylic acids is 1. The predicted molar refractivity (Wildman–Crippen MR) is 94.7 cm³/mol. The highest BCUT2D eigenvalue weighted by Crippen LogP contribution is 2.15. The minimum atomic E-state index is -0.783. The van der Waals surface area contributed by atoms with Crippen molar-refractivity contribution in [3.63, 3.8) is 0 Å². The van der Waals surface area contributed by atoms with Crippen LogP contribution in [0.25, 0.3) is 0 Å². The zero-order valence-electron chi connectivity index (χ0n) is 15.0. The third-order valence-corrected chi connectivity index (χ3v) is 5.70. The number of nitrogens with one attached hydrogen (secondary N) is 2. The molecule has 3 N–H and O–H groups in total. The first-order valence-corrected chi connectivity index (χ1v) is 9.56. The topological polar surface area (TPSA) is 88.1 Å². The van der Waals surface area contributed by atoms with E-state index in [2.05, 4.69) is 15.5 Å². The molecule has 0 aromatic carbocycles. The van der Waals surface area contributed by atoms with Crippen LogP contribution in [0.2, 0.25) is 0 Å². The quantitative estimate of drug-likeness (QED) is 0.638. The number of urea groups is 1. The number of aliphatic carboxylic acids is 1. The van der Waals surface area contributed by atoms with Crippen LogP contribution in [-0.4, -0.2) is 103 Å². The number of piperidine rings is 2. The standard InChI is InChI=1S/C17H31N5O3/c23-16(24)13-20-7-3-14(4-8-20)19-17(25)22-11-9-21(10-12-22)15-1-5-18-6-2-15/h14-15,18H,1-13H2,(H,19,25)(H,23,24). The smallest absolute Gasteiger partial charge is 0.317 e. The highest BCUT2D eigenvalue weighted by molar-refractivity contribution is 5.74. The Kier molecular flexibility index (Phi) is 6.50. The molecule has 3 aliphatic heterocycles. The van der Waals surface area contributed by atoms with E-state index in [-0.39, 0.29) is 18.6 Å². The number of likely N-dealkylation sites (tertiary alicyclic amines) is 1. The third kappa shape index (κ3) is 5.29. The summed E-state index contributed by atoms with van der Waals surface area (Å²) in [6.07, 6.45) is 4.07. The first-order valence-electron chi connectivity index (χ1n) is 9.56. The fourth-order valence-corrected chi connectivity index (χ4v) is 4.15. The fourth-order valence-electron chi connectivity index (χ4n) is 4.15. The first kappa shape index (κ1) is 18.4. The lowest BCUT2D eigenvalue weighted by molar-refractivity contribution is -0.138. The summed E-state index contributed by atoms with van der Waals surface area (Å²) in [6, 6.07) is 0.881. The van der Waals surface area contributed by atoms with Crippen molar-refractivity contribution in [1.29, 1.82) is 0 Å². The molecule has 3 fully saturated rings. The van der Waals surface area contributed by atoms with Crippen LogP contribution >= 0.6 is 0 Å². The summed E-state index contributed by atoms with van der Waals surface area (Å²) in [5.41, 5.74) is 0. The minimum absolute atomic E-state index is 0.0432. The van der Waals surface area contributed by atoms with Crippen molar-refractivity contribution in [1.82, 2.24) is 25.3 Å². The number of carbonyl (C=O) groups is 2. The molecule has 0 aromatic heterocycles. The Morgan fingerprint density at radius 3 is 2.20 bits per heavy atom. The normalized spacial score (nSPS) is 25.0. The Labute approximate surface area is 149 Å². The summed E-state index contributed by atoms with van der Waals surface area (Å²) >= 11 is 0. The molecule has 0 bridgehead atoms. The number of rotatable bonds is 4. The lowest BCUT2D eigenvalue weighted by Crippen LogP contribution is -2.57. The Morgan fingerprint density at radius 2 is 1.60 bits per heavy atom. The maximum Gasteiger partial charge on any atom is 0.317 e. The van der Waals surface area contributed by atoms with Crippen LogP contribution < -0.4 is 10.6 Å².